The first-order valence-corrected chi connectivity index (χ1v) is 7.26. The van der Waals surface area contributed by atoms with Crippen LogP contribution in [0.3, 0.4) is 0 Å². The lowest BCUT2D eigenvalue weighted by atomic mass is 9.91. The molecule has 1 aromatic heterocycles. The molecular formula is C15H26N2O. The maximum absolute atomic E-state index is 5.09. The molecule has 2 unspecified atom stereocenters. The first kappa shape index (κ1) is 13.6. The molecule has 0 saturated carbocycles. The zero-order chi connectivity index (χ0) is 12.8. The van der Waals surface area contributed by atoms with Crippen LogP contribution in [-0.2, 0) is 6.54 Å². The summed E-state index contributed by atoms with van der Waals surface area (Å²) in [5.41, 5.74) is 1.24. The Bertz CT molecular complexity index is 321. The Labute approximate surface area is 111 Å². The lowest BCUT2D eigenvalue weighted by Gasteiger charge is -2.36. The molecule has 2 rings (SSSR count). The summed E-state index contributed by atoms with van der Waals surface area (Å²) in [6, 6.07) is 2.61. The molecule has 0 aliphatic carbocycles. The molecule has 1 aliphatic rings. The summed E-state index contributed by atoms with van der Waals surface area (Å²) in [6.07, 6.45) is 7.54. The van der Waals surface area contributed by atoms with E-state index in [4.69, 9.17) is 4.42 Å². The number of rotatable bonds is 6. The molecule has 1 saturated heterocycles. The highest BCUT2D eigenvalue weighted by atomic mass is 16.3. The van der Waals surface area contributed by atoms with E-state index in [0.717, 1.165) is 12.5 Å². The van der Waals surface area contributed by atoms with Crippen LogP contribution < -0.4 is 5.32 Å². The Morgan fingerprint density at radius 2 is 2.44 bits per heavy atom. The average Bonchev–Trinajstić information content (AvgIpc) is 2.90. The van der Waals surface area contributed by atoms with Crippen LogP contribution in [0.2, 0.25) is 0 Å². The Morgan fingerprint density at radius 1 is 1.56 bits per heavy atom. The van der Waals surface area contributed by atoms with Crippen LogP contribution in [0, 0.1) is 5.92 Å². The highest BCUT2D eigenvalue weighted by Gasteiger charge is 2.23. The van der Waals surface area contributed by atoms with Gasteiger partial charge in [-0.2, -0.15) is 0 Å². The third kappa shape index (κ3) is 3.85. The molecule has 102 valence electrons. The highest BCUT2D eigenvalue weighted by molar-refractivity contribution is 5.04. The Morgan fingerprint density at radius 3 is 3.17 bits per heavy atom. The van der Waals surface area contributed by atoms with E-state index in [9.17, 15) is 0 Å². The fourth-order valence-electron chi connectivity index (χ4n) is 2.86. The van der Waals surface area contributed by atoms with Crippen molar-refractivity contribution in [3.05, 3.63) is 24.2 Å². The molecule has 1 aliphatic heterocycles. The molecule has 0 aromatic carbocycles. The summed E-state index contributed by atoms with van der Waals surface area (Å²) in [6.45, 7) is 9.31. The number of likely N-dealkylation sites (tertiary alicyclic amines) is 1. The standard InChI is InChI=1S/C15H26N2O/c1-3-7-17-8-4-5-15(11-17)13(2)16-10-14-6-9-18-12-14/h6,9,12-13,15-16H,3-5,7-8,10-11H2,1-2H3. The maximum Gasteiger partial charge on any atom is 0.0947 e. The van der Waals surface area contributed by atoms with Gasteiger partial charge in [-0.15, -0.1) is 0 Å². The smallest absolute Gasteiger partial charge is 0.0947 e. The van der Waals surface area contributed by atoms with E-state index < -0.39 is 0 Å². The molecule has 0 radical (unpaired) electrons. The molecule has 2 atom stereocenters. The topological polar surface area (TPSA) is 28.4 Å². The Balaban J connectivity index is 1.75. The minimum absolute atomic E-state index is 0.583. The molecule has 3 heteroatoms. The number of furan rings is 1. The van der Waals surface area contributed by atoms with Crippen molar-refractivity contribution in [2.75, 3.05) is 19.6 Å². The van der Waals surface area contributed by atoms with Gasteiger partial charge in [-0.25, -0.2) is 0 Å². The van der Waals surface area contributed by atoms with E-state index in [2.05, 4.69) is 24.1 Å². The van der Waals surface area contributed by atoms with Crippen molar-refractivity contribution < 1.29 is 4.42 Å². The van der Waals surface area contributed by atoms with Gasteiger partial charge in [0.25, 0.3) is 0 Å². The van der Waals surface area contributed by atoms with Crippen LogP contribution in [0.25, 0.3) is 0 Å². The van der Waals surface area contributed by atoms with Crippen molar-refractivity contribution in [1.29, 1.82) is 0 Å². The van der Waals surface area contributed by atoms with Gasteiger partial charge in [0.05, 0.1) is 12.5 Å². The van der Waals surface area contributed by atoms with Crippen molar-refractivity contribution in [2.45, 2.75) is 45.7 Å². The predicted molar refractivity (Wildman–Crippen MR) is 74.5 cm³/mol. The number of nitrogens with zero attached hydrogens (tertiary/aromatic N) is 1. The van der Waals surface area contributed by atoms with Crippen molar-refractivity contribution >= 4 is 0 Å². The lowest BCUT2D eigenvalue weighted by molar-refractivity contribution is 0.150. The fraction of sp³-hybridized carbons (Fsp3) is 0.733. The third-order valence-corrected chi connectivity index (χ3v) is 4.00. The van der Waals surface area contributed by atoms with Crippen LogP contribution in [0.4, 0.5) is 0 Å². The monoisotopic (exact) mass is 250 g/mol. The SMILES string of the molecule is CCCN1CCCC(C(C)NCc2ccoc2)C1. The molecule has 0 amide bonds. The van der Waals surface area contributed by atoms with Crippen molar-refractivity contribution in [3.63, 3.8) is 0 Å². The summed E-state index contributed by atoms with van der Waals surface area (Å²) in [7, 11) is 0. The summed E-state index contributed by atoms with van der Waals surface area (Å²) in [4.78, 5) is 2.62. The molecule has 18 heavy (non-hydrogen) atoms. The van der Waals surface area contributed by atoms with Gasteiger partial charge >= 0.3 is 0 Å². The molecule has 1 fully saturated rings. The second kappa shape index (κ2) is 6.95. The van der Waals surface area contributed by atoms with Crippen LogP contribution in [0.5, 0.6) is 0 Å². The lowest BCUT2D eigenvalue weighted by Crippen LogP contribution is -2.44. The van der Waals surface area contributed by atoms with Crippen LogP contribution in [-0.4, -0.2) is 30.6 Å². The van der Waals surface area contributed by atoms with Gasteiger partial charge in [0.1, 0.15) is 0 Å². The average molecular weight is 250 g/mol. The summed E-state index contributed by atoms with van der Waals surface area (Å²) < 4.78 is 5.09. The molecule has 1 N–H and O–H groups in total. The Hall–Kier alpha value is -0.800. The molecule has 1 aromatic rings. The van der Waals surface area contributed by atoms with Crippen LogP contribution in [0.1, 0.15) is 38.7 Å². The van der Waals surface area contributed by atoms with Gasteiger partial charge in [-0.05, 0) is 51.3 Å². The van der Waals surface area contributed by atoms with Gasteiger partial charge in [-0.1, -0.05) is 6.92 Å². The summed E-state index contributed by atoms with van der Waals surface area (Å²) >= 11 is 0. The van der Waals surface area contributed by atoms with E-state index in [1.54, 1.807) is 6.26 Å². The van der Waals surface area contributed by atoms with Gasteiger partial charge in [0.2, 0.25) is 0 Å². The van der Waals surface area contributed by atoms with E-state index in [-0.39, 0.29) is 0 Å². The van der Waals surface area contributed by atoms with Crippen LogP contribution >= 0.6 is 0 Å². The van der Waals surface area contributed by atoms with Gasteiger partial charge < -0.3 is 14.6 Å². The van der Waals surface area contributed by atoms with E-state index in [1.165, 1.54) is 44.5 Å². The van der Waals surface area contributed by atoms with E-state index in [1.807, 2.05) is 12.3 Å². The summed E-state index contributed by atoms with van der Waals surface area (Å²) in [5, 5.41) is 3.63. The molecular weight excluding hydrogens is 224 g/mol. The molecule has 3 nitrogen and oxygen atoms in total. The van der Waals surface area contributed by atoms with Crippen molar-refractivity contribution in [1.82, 2.24) is 10.2 Å². The van der Waals surface area contributed by atoms with Gasteiger partial charge in [-0.3, -0.25) is 0 Å². The zero-order valence-electron chi connectivity index (χ0n) is 11.7. The van der Waals surface area contributed by atoms with Gasteiger partial charge in [0, 0.05) is 24.7 Å². The molecule has 2 heterocycles. The Kier molecular flexibility index (Phi) is 5.26. The minimum atomic E-state index is 0.583. The predicted octanol–water partition coefficient (Wildman–Crippen LogP) is 2.88. The van der Waals surface area contributed by atoms with Crippen molar-refractivity contribution in [2.24, 2.45) is 5.92 Å². The zero-order valence-corrected chi connectivity index (χ0v) is 11.7. The number of hydrogen-bond donors (Lipinski definition) is 1. The number of nitrogens with one attached hydrogen (secondary N) is 1. The molecule has 0 bridgehead atoms. The largest absolute Gasteiger partial charge is 0.472 e. The maximum atomic E-state index is 5.09. The summed E-state index contributed by atoms with van der Waals surface area (Å²) in [5.74, 6) is 0.789. The first-order chi connectivity index (χ1) is 8.79. The quantitative estimate of drug-likeness (QED) is 0.841. The first-order valence-electron chi connectivity index (χ1n) is 7.26. The second-order valence-corrected chi connectivity index (χ2v) is 5.50. The second-order valence-electron chi connectivity index (χ2n) is 5.50. The van der Waals surface area contributed by atoms with E-state index >= 15 is 0 Å². The van der Waals surface area contributed by atoms with Crippen LogP contribution in [0.15, 0.2) is 23.0 Å². The van der Waals surface area contributed by atoms with Gasteiger partial charge in [0.15, 0.2) is 0 Å². The molecule has 0 spiro atoms. The number of piperidine rings is 1. The normalized spacial score (nSPS) is 23.1. The van der Waals surface area contributed by atoms with Crippen molar-refractivity contribution in [3.8, 4) is 0 Å². The minimum Gasteiger partial charge on any atom is -0.472 e. The highest BCUT2D eigenvalue weighted by Crippen LogP contribution is 2.20. The van der Waals surface area contributed by atoms with E-state index in [0.29, 0.717) is 6.04 Å². The number of hydrogen-bond acceptors (Lipinski definition) is 3. The third-order valence-electron chi connectivity index (χ3n) is 4.00. The fourth-order valence-corrected chi connectivity index (χ4v) is 2.86.